The Kier molecular flexibility index (Phi) is 3.45. The molecule has 1 N–H and O–H groups in total. The fourth-order valence-electron chi connectivity index (χ4n) is 3.10. The zero-order valence-corrected chi connectivity index (χ0v) is 12.8. The van der Waals surface area contributed by atoms with Crippen molar-refractivity contribution in [1.29, 1.82) is 0 Å². The van der Waals surface area contributed by atoms with E-state index in [2.05, 4.69) is 35.1 Å². The van der Waals surface area contributed by atoms with E-state index in [1.54, 1.807) is 0 Å². The second-order valence-corrected chi connectivity index (χ2v) is 5.80. The Hall–Kier alpha value is -2.23. The Bertz CT molecular complexity index is 654. The largest absolute Gasteiger partial charge is 0.348 e. The highest BCUT2D eigenvalue weighted by Crippen LogP contribution is 2.26. The summed E-state index contributed by atoms with van der Waals surface area (Å²) in [6, 6.07) is 10.3. The molecular weight excluding hydrogens is 262 g/mol. The van der Waals surface area contributed by atoms with Crippen molar-refractivity contribution in [3.8, 4) is 0 Å². The van der Waals surface area contributed by atoms with Crippen LogP contribution >= 0.6 is 0 Å². The summed E-state index contributed by atoms with van der Waals surface area (Å²) >= 11 is 0. The zero-order chi connectivity index (χ0) is 15.0. The van der Waals surface area contributed by atoms with Gasteiger partial charge in [0, 0.05) is 30.7 Å². The minimum atomic E-state index is -0.0278. The molecule has 1 atom stereocenters. The van der Waals surface area contributed by atoms with Crippen LogP contribution in [0.3, 0.4) is 0 Å². The first-order chi connectivity index (χ1) is 10.0. The van der Waals surface area contributed by atoms with Crippen LogP contribution in [0.25, 0.3) is 0 Å². The number of benzene rings is 1. The van der Waals surface area contributed by atoms with E-state index >= 15 is 0 Å². The Morgan fingerprint density at radius 1 is 1.19 bits per heavy atom. The molecule has 0 aliphatic carbocycles. The predicted molar refractivity (Wildman–Crippen MR) is 84.5 cm³/mol. The molecule has 1 aliphatic rings. The Labute approximate surface area is 125 Å². The molecule has 4 nitrogen and oxygen atoms in total. The van der Waals surface area contributed by atoms with Gasteiger partial charge in [-0.2, -0.15) is 0 Å². The number of nitrogens with one attached hydrogen (secondary N) is 1. The van der Waals surface area contributed by atoms with Crippen LogP contribution in [0.1, 0.15) is 29.8 Å². The number of nitrogens with zero attached hydrogens (tertiary/aromatic N) is 2. The molecule has 21 heavy (non-hydrogen) atoms. The maximum absolute atomic E-state index is 12.5. The van der Waals surface area contributed by atoms with Gasteiger partial charge in [-0.3, -0.25) is 0 Å². The molecule has 110 valence electrons. The minimum absolute atomic E-state index is 0.0278. The number of hydrogen-bond acceptors (Lipinski definition) is 1. The van der Waals surface area contributed by atoms with Crippen LogP contribution in [0.4, 0.5) is 10.5 Å². The van der Waals surface area contributed by atoms with E-state index in [1.807, 2.05) is 36.9 Å². The third-order valence-electron chi connectivity index (χ3n) is 4.08. The fraction of sp³-hybridized carbons (Fsp3) is 0.353. The number of urea groups is 1. The van der Waals surface area contributed by atoms with Crippen molar-refractivity contribution in [2.45, 2.75) is 33.4 Å². The number of fused-ring (bicyclic) bond motifs is 1. The van der Waals surface area contributed by atoms with Gasteiger partial charge in [0.25, 0.3) is 0 Å². The van der Waals surface area contributed by atoms with E-state index in [-0.39, 0.29) is 12.1 Å². The zero-order valence-electron chi connectivity index (χ0n) is 12.8. The van der Waals surface area contributed by atoms with E-state index in [0.717, 1.165) is 29.9 Å². The summed E-state index contributed by atoms with van der Waals surface area (Å²) in [4.78, 5) is 14.4. The summed E-state index contributed by atoms with van der Waals surface area (Å²) in [5, 5.41) is 3.02. The molecule has 1 aromatic carbocycles. The van der Waals surface area contributed by atoms with Crippen molar-refractivity contribution >= 4 is 11.7 Å². The third-order valence-corrected chi connectivity index (χ3v) is 4.08. The topological polar surface area (TPSA) is 37.3 Å². The molecule has 0 saturated heterocycles. The number of amides is 2. The number of aromatic nitrogens is 1. The van der Waals surface area contributed by atoms with Gasteiger partial charge in [-0.15, -0.1) is 0 Å². The van der Waals surface area contributed by atoms with Gasteiger partial charge >= 0.3 is 6.03 Å². The van der Waals surface area contributed by atoms with Gasteiger partial charge in [-0.1, -0.05) is 6.07 Å². The number of aryl methyl sites for hydroxylation is 2. The normalized spacial score (nSPS) is 17.5. The van der Waals surface area contributed by atoms with E-state index < -0.39 is 0 Å². The van der Waals surface area contributed by atoms with Crippen molar-refractivity contribution in [2.24, 2.45) is 0 Å². The number of anilines is 1. The number of rotatable bonds is 1. The first-order valence-corrected chi connectivity index (χ1v) is 7.35. The summed E-state index contributed by atoms with van der Waals surface area (Å²) in [5.74, 6) is 0. The summed E-state index contributed by atoms with van der Waals surface area (Å²) in [6.45, 7) is 7.75. The monoisotopic (exact) mass is 283 g/mol. The highest BCUT2D eigenvalue weighted by atomic mass is 16.2. The fourth-order valence-corrected chi connectivity index (χ4v) is 3.10. The first kappa shape index (κ1) is 13.7. The number of hydrogen-bond donors (Lipinski definition) is 1. The summed E-state index contributed by atoms with van der Waals surface area (Å²) < 4.78 is 2.21. The van der Waals surface area contributed by atoms with Gasteiger partial charge in [-0.25, -0.2) is 4.79 Å². The Morgan fingerprint density at radius 2 is 1.90 bits per heavy atom. The second kappa shape index (κ2) is 5.28. The Morgan fingerprint density at radius 3 is 2.62 bits per heavy atom. The van der Waals surface area contributed by atoms with Crippen molar-refractivity contribution in [1.82, 2.24) is 9.47 Å². The molecule has 1 aliphatic heterocycles. The average Bonchev–Trinajstić information content (AvgIpc) is 2.86. The van der Waals surface area contributed by atoms with Gasteiger partial charge in [0.2, 0.25) is 0 Å². The first-order valence-electron chi connectivity index (χ1n) is 7.35. The van der Waals surface area contributed by atoms with E-state index in [9.17, 15) is 4.79 Å². The summed E-state index contributed by atoms with van der Waals surface area (Å²) in [7, 11) is 0. The van der Waals surface area contributed by atoms with Crippen molar-refractivity contribution in [3.63, 3.8) is 0 Å². The number of carbonyl (C=O) groups excluding carboxylic acids is 1. The van der Waals surface area contributed by atoms with Crippen molar-refractivity contribution in [3.05, 3.63) is 53.3 Å². The summed E-state index contributed by atoms with van der Waals surface area (Å²) in [6.07, 6.45) is 2.07. The molecular formula is C17H21N3O. The average molecular weight is 283 g/mol. The van der Waals surface area contributed by atoms with Crippen LogP contribution in [-0.4, -0.2) is 22.0 Å². The summed E-state index contributed by atoms with van der Waals surface area (Å²) in [5.41, 5.74) is 4.37. The molecule has 0 bridgehead atoms. The molecule has 0 saturated carbocycles. The quantitative estimate of drug-likeness (QED) is 0.851. The molecule has 2 heterocycles. The maximum Gasteiger partial charge on any atom is 0.322 e. The van der Waals surface area contributed by atoms with Crippen LogP contribution in [0, 0.1) is 13.8 Å². The van der Waals surface area contributed by atoms with E-state index in [1.165, 1.54) is 5.69 Å². The van der Waals surface area contributed by atoms with Crippen LogP contribution in [-0.2, 0) is 6.54 Å². The smallest absolute Gasteiger partial charge is 0.322 e. The standard InChI is InChI=1S/C17H21N3O/c1-12-9-13(2)11-15(10-12)18-17(21)20-8-7-19-6-4-5-16(19)14(20)3/h4-6,9-11,14H,7-8H2,1-3H3,(H,18,21). The lowest BCUT2D eigenvalue weighted by atomic mass is 10.1. The molecule has 2 aromatic rings. The lowest BCUT2D eigenvalue weighted by Gasteiger charge is -2.34. The van der Waals surface area contributed by atoms with E-state index in [0.29, 0.717) is 0 Å². The molecule has 1 unspecified atom stereocenters. The van der Waals surface area contributed by atoms with Crippen molar-refractivity contribution < 1.29 is 4.79 Å². The highest BCUT2D eigenvalue weighted by molar-refractivity contribution is 5.89. The van der Waals surface area contributed by atoms with Gasteiger partial charge in [0.15, 0.2) is 0 Å². The number of carbonyl (C=O) groups is 1. The molecule has 0 spiro atoms. The van der Waals surface area contributed by atoms with Crippen LogP contribution in [0.15, 0.2) is 36.5 Å². The Balaban J connectivity index is 1.77. The molecule has 2 amide bonds. The van der Waals surface area contributed by atoms with Crippen LogP contribution < -0.4 is 5.32 Å². The maximum atomic E-state index is 12.5. The van der Waals surface area contributed by atoms with Gasteiger partial charge in [0.1, 0.15) is 0 Å². The minimum Gasteiger partial charge on any atom is -0.348 e. The van der Waals surface area contributed by atoms with E-state index in [4.69, 9.17) is 0 Å². The lowest BCUT2D eigenvalue weighted by molar-refractivity contribution is 0.175. The highest BCUT2D eigenvalue weighted by Gasteiger charge is 2.27. The lowest BCUT2D eigenvalue weighted by Crippen LogP contribution is -2.43. The third kappa shape index (κ3) is 2.66. The molecule has 4 heteroatoms. The molecule has 1 aromatic heterocycles. The van der Waals surface area contributed by atoms with Gasteiger partial charge < -0.3 is 14.8 Å². The second-order valence-electron chi connectivity index (χ2n) is 5.80. The molecule has 0 fully saturated rings. The molecule has 0 radical (unpaired) electrons. The molecule has 3 rings (SSSR count). The SMILES string of the molecule is Cc1cc(C)cc(NC(=O)N2CCn3cccc3C2C)c1. The van der Waals surface area contributed by atoms with Gasteiger partial charge in [0.05, 0.1) is 6.04 Å². The predicted octanol–water partition coefficient (Wildman–Crippen LogP) is 3.71. The van der Waals surface area contributed by atoms with Crippen LogP contribution in [0.5, 0.6) is 0 Å². The van der Waals surface area contributed by atoms with Crippen LogP contribution in [0.2, 0.25) is 0 Å². The van der Waals surface area contributed by atoms with Gasteiger partial charge in [-0.05, 0) is 56.2 Å². The van der Waals surface area contributed by atoms with Crippen molar-refractivity contribution in [2.75, 3.05) is 11.9 Å².